The number of phenols is 1. The Hall–Kier alpha value is -13.2. The van der Waals surface area contributed by atoms with Crippen molar-refractivity contribution in [3.8, 4) is 5.75 Å². The van der Waals surface area contributed by atoms with Crippen LogP contribution < -0.4 is 66.3 Å². The molecule has 0 radical (unpaired) electrons. The van der Waals surface area contributed by atoms with Gasteiger partial charge in [-0.15, -0.1) is 0 Å². The van der Waals surface area contributed by atoms with Crippen LogP contribution in [-0.2, 0) is 28.8 Å². The van der Waals surface area contributed by atoms with E-state index in [4.69, 9.17) is 46.0 Å². The molecule has 3 heterocycles. The van der Waals surface area contributed by atoms with Crippen LogP contribution >= 0.6 is 11.6 Å². The molecule has 26 heteroatoms. The van der Waals surface area contributed by atoms with Gasteiger partial charge >= 0.3 is 0 Å². The Bertz CT molecular complexity index is 4750. The van der Waals surface area contributed by atoms with Crippen LogP contribution in [0.3, 0.4) is 0 Å². The van der Waals surface area contributed by atoms with E-state index >= 15 is 0 Å². The average Bonchev–Trinajstić information content (AvgIpc) is 1.41. The van der Waals surface area contributed by atoms with E-state index in [2.05, 4.69) is 120 Å². The summed E-state index contributed by atoms with van der Waals surface area (Å²) < 4.78 is 0. The Kier molecular flexibility index (Phi) is 38.6. The number of para-hydroxylation sites is 1. The summed E-state index contributed by atoms with van der Waals surface area (Å²) in [5.41, 5.74) is 43.4. The number of carbonyl (C=O) groups is 6. The van der Waals surface area contributed by atoms with Crippen LogP contribution in [-0.4, -0.2) is 188 Å². The van der Waals surface area contributed by atoms with Crippen LogP contribution in [0, 0.1) is 6.92 Å². The van der Waals surface area contributed by atoms with Gasteiger partial charge in [-0.2, -0.15) is 0 Å². The van der Waals surface area contributed by atoms with Crippen LogP contribution in [0.5, 0.6) is 5.75 Å². The summed E-state index contributed by atoms with van der Waals surface area (Å²) >= 11 is 6.20. The zero-order chi connectivity index (χ0) is 89.2. The number of nitrogens with one attached hydrogen (secondary N) is 6. The summed E-state index contributed by atoms with van der Waals surface area (Å²) in [5.74, 6) is -0.198. The normalized spacial score (nSPS) is 17.3. The highest BCUT2D eigenvalue weighted by Gasteiger charge is 2.36. The van der Waals surface area contributed by atoms with Gasteiger partial charge in [0, 0.05) is 143 Å². The highest BCUT2D eigenvalue weighted by molar-refractivity contribution is 6.32. The Morgan fingerprint density at radius 2 is 0.698 bits per heavy atom. The lowest BCUT2D eigenvalue weighted by atomic mass is 9.90. The SMILES string of the molecule is Cc1cccc(/C=C/C(=O)NC[C@@H]2CCN(CC(c3ccccc3)c3ccccc3)C(=O)[C@H](CCCN=C(N)N)N2)c1.NC(N)=NCCC[C@@H]1N[C@H](CNC(=O)/C=C/c2ccccc2Cl)CCN(CC(c2ccccc2)c2ccccc2)C1=O.NC(N)=NCCC[C@@H]1N[C@H](CNC(=O)/C=C/c2ccccc2O)CCN(CC(c2ccccc2)c2ccccc2)C1=O. The van der Waals surface area contributed by atoms with Gasteiger partial charge in [0.25, 0.3) is 0 Å². The van der Waals surface area contributed by atoms with Crippen molar-refractivity contribution < 1.29 is 33.9 Å². The number of hydrogen-bond acceptors (Lipinski definition) is 13. The molecule has 3 saturated heterocycles. The lowest BCUT2D eigenvalue weighted by molar-refractivity contribution is -0.133. The number of hydrogen-bond donors (Lipinski definition) is 13. The number of aromatic hydroxyl groups is 1. The molecular weight excluding hydrogens is 1600 g/mol. The van der Waals surface area contributed by atoms with E-state index < -0.39 is 18.1 Å². The summed E-state index contributed by atoms with van der Waals surface area (Å²) in [6, 6.07) is 82.4. The lowest BCUT2D eigenvalue weighted by Gasteiger charge is -2.29. The second-order valence-corrected chi connectivity index (χ2v) is 32.1. The number of phenolic OH excluding ortho intramolecular Hbond substituents is 1. The first kappa shape index (κ1) is 95.0. The van der Waals surface area contributed by atoms with Gasteiger partial charge in [-0.25, -0.2) is 0 Å². The van der Waals surface area contributed by atoms with Gasteiger partial charge in [-0.3, -0.25) is 43.7 Å². The molecule has 19 N–H and O–H groups in total. The monoisotopic (exact) mass is 1720 g/mol. The minimum atomic E-state index is -0.437. The number of guanidine groups is 3. The molecule has 6 amide bonds. The molecule has 660 valence electrons. The molecule has 0 aromatic heterocycles. The third-order valence-electron chi connectivity index (χ3n) is 22.3. The van der Waals surface area contributed by atoms with Crippen molar-refractivity contribution in [2.45, 2.75) is 119 Å². The second-order valence-electron chi connectivity index (χ2n) is 31.7. The van der Waals surface area contributed by atoms with E-state index in [1.54, 1.807) is 48.6 Å². The van der Waals surface area contributed by atoms with Crippen molar-refractivity contribution in [3.05, 3.63) is 334 Å². The van der Waals surface area contributed by atoms with Crippen LogP contribution in [0.2, 0.25) is 5.02 Å². The zero-order valence-electron chi connectivity index (χ0n) is 71.7. The van der Waals surface area contributed by atoms with Gasteiger partial charge in [-0.1, -0.05) is 260 Å². The molecule has 25 nitrogen and oxygen atoms in total. The number of benzene rings is 9. The fourth-order valence-corrected chi connectivity index (χ4v) is 15.9. The van der Waals surface area contributed by atoms with Crippen molar-refractivity contribution in [2.24, 2.45) is 49.4 Å². The largest absolute Gasteiger partial charge is 0.507 e. The highest BCUT2D eigenvalue weighted by atomic mass is 35.5. The maximum atomic E-state index is 13.9. The Labute approximate surface area is 745 Å². The molecule has 0 unspecified atom stereocenters. The van der Waals surface area contributed by atoms with Crippen LogP contribution in [0.1, 0.15) is 131 Å². The Morgan fingerprint density at radius 1 is 0.405 bits per heavy atom. The van der Waals surface area contributed by atoms with Crippen molar-refractivity contribution in [3.63, 3.8) is 0 Å². The van der Waals surface area contributed by atoms with Crippen molar-refractivity contribution in [2.75, 3.05) is 78.5 Å². The molecule has 9 aromatic carbocycles. The number of nitrogens with two attached hydrogens (primary N) is 6. The summed E-state index contributed by atoms with van der Waals surface area (Å²) in [4.78, 5) is 97.7. The molecule has 0 saturated carbocycles. The van der Waals surface area contributed by atoms with E-state index in [1.807, 2.05) is 179 Å². The van der Waals surface area contributed by atoms with E-state index in [-0.39, 0.29) is 95.0 Å². The number of aliphatic imine (C=N–C) groups is 3. The first-order valence-electron chi connectivity index (χ1n) is 43.3. The number of carbonyl (C=O) groups excluding carboxylic acids is 6. The number of aryl methyl sites for hydroxylation is 1. The fraction of sp³-hybridized carbons (Fsp3) is 0.310. The van der Waals surface area contributed by atoms with Crippen LogP contribution in [0.25, 0.3) is 18.2 Å². The molecular formula is C100H121ClN18O7. The molecule has 6 atom stereocenters. The predicted molar refractivity (Wildman–Crippen MR) is 507 cm³/mol. The Balaban J connectivity index is 0.000000197. The molecule has 126 heavy (non-hydrogen) atoms. The van der Waals surface area contributed by atoms with Gasteiger partial charge in [0.05, 0.1) is 18.1 Å². The van der Waals surface area contributed by atoms with E-state index in [1.165, 1.54) is 23.3 Å². The summed E-state index contributed by atoms with van der Waals surface area (Å²) in [6.07, 6.45) is 15.3. The third kappa shape index (κ3) is 31.8. The number of amides is 6. The van der Waals surface area contributed by atoms with Crippen LogP contribution in [0.4, 0.5) is 0 Å². The zero-order valence-corrected chi connectivity index (χ0v) is 72.4. The first-order chi connectivity index (χ1) is 61.2. The topological polar surface area (TPSA) is 398 Å². The summed E-state index contributed by atoms with van der Waals surface area (Å²) in [5, 5.41) is 30.0. The third-order valence-corrected chi connectivity index (χ3v) is 22.7. The van der Waals surface area contributed by atoms with E-state index in [0.717, 1.165) is 38.9 Å². The summed E-state index contributed by atoms with van der Waals surface area (Å²) in [7, 11) is 0. The van der Waals surface area contributed by atoms with E-state index in [0.29, 0.717) is 147 Å². The minimum Gasteiger partial charge on any atom is -0.507 e. The van der Waals surface area contributed by atoms with Crippen LogP contribution in [0.15, 0.2) is 288 Å². The number of rotatable bonds is 36. The van der Waals surface area contributed by atoms with Gasteiger partial charge < -0.3 is 86.1 Å². The second kappa shape index (κ2) is 51.2. The molecule has 0 bridgehead atoms. The van der Waals surface area contributed by atoms with Crippen molar-refractivity contribution in [1.29, 1.82) is 0 Å². The van der Waals surface area contributed by atoms with Gasteiger partial charge in [0.1, 0.15) is 5.75 Å². The maximum absolute atomic E-state index is 13.9. The van der Waals surface area contributed by atoms with Crippen molar-refractivity contribution in [1.82, 2.24) is 46.6 Å². The lowest BCUT2D eigenvalue weighted by Crippen LogP contribution is -2.49. The number of halogens is 1. The van der Waals surface area contributed by atoms with Crippen molar-refractivity contribution >= 4 is 83.2 Å². The predicted octanol–water partition coefficient (Wildman–Crippen LogP) is 10.4. The van der Waals surface area contributed by atoms with Gasteiger partial charge in [-0.05, 0) is 140 Å². The molecule has 3 fully saturated rings. The van der Waals surface area contributed by atoms with Gasteiger partial charge in [0.15, 0.2) is 17.9 Å². The van der Waals surface area contributed by atoms with E-state index in [9.17, 15) is 33.9 Å². The molecule has 3 aliphatic rings. The molecule has 3 aliphatic heterocycles. The smallest absolute Gasteiger partial charge is 0.244 e. The van der Waals surface area contributed by atoms with Gasteiger partial charge in [0.2, 0.25) is 35.4 Å². The first-order valence-corrected chi connectivity index (χ1v) is 43.6. The summed E-state index contributed by atoms with van der Waals surface area (Å²) in [6.45, 7) is 7.90. The average molecular weight is 1720 g/mol. The maximum Gasteiger partial charge on any atom is 0.244 e. The fourth-order valence-electron chi connectivity index (χ4n) is 15.7. The highest BCUT2D eigenvalue weighted by Crippen LogP contribution is 2.32. The molecule has 0 aliphatic carbocycles. The molecule has 12 rings (SSSR count). The number of nitrogens with zero attached hydrogens (tertiary/aromatic N) is 6. The minimum absolute atomic E-state index is 0.0226. The quantitative estimate of drug-likeness (QED) is 0.00751. The molecule has 9 aromatic rings. The standard InChI is InChI=1S/C34H42N6O2.C33H39ClN6O2.C33H40N6O3/c1-25-10-8-11-26(22-25)17-18-32(41)38-23-29-19-21-40(33(42)31(39-29)16-9-20-37-34(35)36)24-30(27-12-4-2-5-13-27)28-14-6-3-7-15-28;34-29-15-8-7-14-26(29)17-18-31(41)38-22-27-19-21-40(32(42)30(39-27)16-9-20-37-33(35)36)23-28(24-10-3-1-4-11-24)25-12-5-2-6-13-25;34-33(35)36-20-9-15-29-32(42)39(23-28(24-10-3-1-4-11-24)25-12-5-2-6-13-25)21-19-27(38-29)22-37-31(41)18-17-26-14-7-8-16-30(26)40/h2-8,10-15,17-18,22,29-31,39H,9,16,19-21,23-24H2,1H3,(H,38,41)(H4,35,36,37);1-8,10-15,17-18,27-28,30,39H,9,16,19-23H2,(H,38,41)(H4,35,36,37);1-8,10-14,16-18,27-29,38,40H,9,15,19-23H2,(H,37,41)(H4,34,35,36)/b3*18-17+/t29-,31-;27-,30-;27-,29-/m000/s1. The Morgan fingerprint density at radius 3 is 1.01 bits per heavy atom. The molecule has 0 spiro atoms.